The number of carbonyl (C=O) groups excluding carboxylic acids is 1. The molecular weight excluding hydrogens is 214 g/mol. The molecule has 4 heteroatoms. The van der Waals surface area contributed by atoms with Gasteiger partial charge < -0.3 is 10.2 Å². The number of amides is 1. The predicted octanol–water partition coefficient (Wildman–Crippen LogP) is 2.02. The second kappa shape index (κ2) is 5.48. The van der Waals surface area contributed by atoms with Gasteiger partial charge in [-0.3, -0.25) is 4.79 Å². The molecule has 1 amide bonds. The van der Waals surface area contributed by atoms with Crippen LogP contribution in [0.3, 0.4) is 0 Å². The molecule has 0 unspecified atom stereocenters. The molecule has 0 spiro atoms. The Morgan fingerprint density at radius 3 is 2.82 bits per heavy atom. The van der Waals surface area contributed by atoms with E-state index >= 15 is 0 Å². The Bertz CT molecular complexity index is 408. The van der Waals surface area contributed by atoms with Gasteiger partial charge in [0.2, 0.25) is 0 Å². The zero-order valence-electron chi connectivity index (χ0n) is 10.0. The summed E-state index contributed by atoms with van der Waals surface area (Å²) in [4.78, 5) is 18.0. The first-order chi connectivity index (χ1) is 8.25. The van der Waals surface area contributed by atoms with E-state index in [1.807, 2.05) is 19.1 Å². The van der Waals surface area contributed by atoms with Crippen molar-refractivity contribution in [1.29, 1.82) is 0 Å². The van der Waals surface area contributed by atoms with Crippen LogP contribution in [0.2, 0.25) is 0 Å². The number of carbonyl (C=O) groups is 1. The SMILES string of the molecule is C/C(=C\C(=O)Nc1ccccn1)N1CCCC1. The smallest absolute Gasteiger partial charge is 0.251 e. The molecule has 17 heavy (non-hydrogen) atoms. The lowest BCUT2D eigenvalue weighted by Crippen LogP contribution is -2.19. The van der Waals surface area contributed by atoms with Crippen molar-refractivity contribution in [3.8, 4) is 0 Å². The lowest BCUT2D eigenvalue weighted by atomic mass is 10.3. The van der Waals surface area contributed by atoms with Crippen LogP contribution in [0.1, 0.15) is 19.8 Å². The number of aromatic nitrogens is 1. The fourth-order valence-electron chi connectivity index (χ4n) is 1.95. The highest BCUT2D eigenvalue weighted by atomic mass is 16.1. The lowest BCUT2D eigenvalue weighted by molar-refractivity contribution is -0.112. The topological polar surface area (TPSA) is 45.2 Å². The van der Waals surface area contributed by atoms with Crippen LogP contribution in [-0.2, 0) is 4.79 Å². The summed E-state index contributed by atoms with van der Waals surface area (Å²) < 4.78 is 0. The Morgan fingerprint density at radius 2 is 2.18 bits per heavy atom. The zero-order valence-corrected chi connectivity index (χ0v) is 10.0. The van der Waals surface area contributed by atoms with Crippen molar-refractivity contribution in [3.05, 3.63) is 36.2 Å². The molecule has 1 fully saturated rings. The molecule has 2 rings (SSSR count). The van der Waals surface area contributed by atoms with Gasteiger partial charge in [-0.1, -0.05) is 6.07 Å². The summed E-state index contributed by atoms with van der Waals surface area (Å²) in [6, 6.07) is 5.44. The van der Waals surface area contributed by atoms with Gasteiger partial charge in [-0.2, -0.15) is 0 Å². The minimum atomic E-state index is -0.118. The maximum Gasteiger partial charge on any atom is 0.251 e. The van der Waals surface area contributed by atoms with Gasteiger partial charge >= 0.3 is 0 Å². The maximum atomic E-state index is 11.7. The Labute approximate surface area is 101 Å². The molecule has 0 saturated carbocycles. The number of anilines is 1. The number of hydrogen-bond acceptors (Lipinski definition) is 3. The molecule has 1 N–H and O–H groups in total. The second-order valence-corrected chi connectivity index (χ2v) is 4.18. The Balaban J connectivity index is 1.94. The van der Waals surface area contributed by atoms with Crippen LogP contribution < -0.4 is 5.32 Å². The highest BCUT2D eigenvalue weighted by molar-refractivity contribution is 5.98. The van der Waals surface area contributed by atoms with Gasteiger partial charge in [0, 0.05) is 31.1 Å². The van der Waals surface area contributed by atoms with Crippen molar-refractivity contribution in [2.24, 2.45) is 0 Å². The van der Waals surface area contributed by atoms with Crippen LogP contribution in [0.25, 0.3) is 0 Å². The molecule has 1 aliphatic heterocycles. The fraction of sp³-hybridized carbons (Fsp3) is 0.385. The van der Waals surface area contributed by atoms with Gasteiger partial charge in [-0.15, -0.1) is 0 Å². The van der Waals surface area contributed by atoms with Crippen LogP contribution >= 0.6 is 0 Å². The second-order valence-electron chi connectivity index (χ2n) is 4.18. The van der Waals surface area contributed by atoms with Gasteiger partial charge in [-0.05, 0) is 31.9 Å². The van der Waals surface area contributed by atoms with E-state index in [-0.39, 0.29) is 5.91 Å². The van der Waals surface area contributed by atoms with Crippen molar-refractivity contribution in [2.45, 2.75) is 19.8 Å². The van der Waals surface area contributed by atoms with E-state index in [9.17, 15) is 4.79 Å². The molecule has 2 heterocycles. The molecule has 0 aliphatic carbocycles. The average Bonchev–Trinajstić information content (AvgIpc) is 2.83. The van der Waals surface area contributed by atoms with E-state index in [1.165, 1.54) is 12.8 Å². The molecule has 90 valence electrons. The minimum Gasteiger partial charge on any atom is -0.375 e. The number of nitrogens with one attached hydrogen (secondary N) is 1. The van der Waals surface area contributed by atoms with Gasteiger partial charge in [-0.25, -0.2) is 4.98 Å². The number of likely N-dealkylation sites (tertiary alicyclic amines) is 1. The fourth-order valence-corrected chi connectivity index (χ4v) is 1.95. The quantitative estimate of drug-likeness (QED) is 0.809. The van der Waals surface area contributed by atoms with E-state index < -0.39 is 0 Å². The first kappa shape index (κ1) is 11.6. The van der Waals surface area contributed by atoms with Gasteiger partial charge in [0.05, 0.1) is 0 Å². The molecule has 0 atom stereocenters. The summed E-state index contributed by atoms with van der Waals surface area (Å²) in [6.45, 7) is 4.09. The summed E-state index contributed by atoms with van der Waals surface area (Å²) >= 11 is 0. The average molecular weight is 231 g/mol. The molecule has 1 aromatic rings. The molecule has 0 radical (unpaired) electrons. The molecule has 1 aromatic heterocycles. The predicted molar refractivity (Wildman–Crippen MR) is 67.4 cm³/mol. The molecule has 4 nitrogen and oxygen atoms in total. The van der Waals surface area contributed by atoms with Crippen LogP contribution in [0, 0.1) is 0 Å². The van der Waals surface area contributed by atoms with Gasteiger partial charge in [0.25, 0.3) is 5.91 Å². The van der Waals surface area contributed by atoms with Gasteiger partial charge in [0.15, 0.2) is 0 Å². The molecule has 1 aliphatic rings. The first-order valence-corrected chi connectivity index (χ1v) is 5.91. The monoisotopic (exact) mass is 231 g/mol. The van der Waals surface area contributed by atoms with Crippen LogP contribution in [-0.4, -0.2) is 28.9 Å². The molecule has 0 bridgehead atoms. The Morgan fingerprint density at radius 1 is 1.41 bits per heavy atom. The maximum absolute atomic E-state index is 11.7. The van der Waals surface area contributed by atoms with Crippen molar-refractivity contribution in [2.75, 3.05) is 18.4 Å². The summed E-state index contributed by atoms with van der Waals surface area (Å²) in [5, 5.41) is 2.74. The van der Waals surface area contributed by atoms with E-state index in [0.29, 0.717) is 5.82 Å². The largest absolute Gasteiger partial charge is 0.375 e. The van der Waals surface area contributed by atoms with Crippen LogP contribution in [0.4, 0.5) is 5.82 Å². The highest BCUT2D eigenvalue weighted by Crippen LogP contribution is 2.13. The number of rotatable bonds is 3. The highest BCUT2D eigenvalue weighted by Gasteiger charge is 2.12. The van der Waals surface area contributed by atoms with Crippen molar-refractivity contribution < 1.29 is 4.79 Å². The number of hydrogen-bond donors (Lipinski definition) is 1. The third-order valence-electron chi connectivity index (χ3n) is 2.86. The van der Waals surface area contributed by atoms with Gasteiger partial charge in [0.1, 0.15) is 5.82 Å². The minimum absolute atomic E-state index is 0.118. The van der Waals surface area contributed by atoms with E-state index in [4.69, 9.17) is 0 Å². The van der Waals surface area contributed by atoms with Crippen LogP contribution in [0.5, 0.6) is 0 Å². The first-order valence-electron chi connectivity index (χ1n) is 5.91. The third kappa shape index (κ3) is 3.31. The third-order valence-corrected chi connectivity index (χ3v) is 2.86. The molecular formula is C13H17N3O. The standard InChI is InChI=1S/C13H17N3O/c1-11(16-8-4-5-9-16)10-13(17)15-12-6-2-3-7-14-12/h2-3,6-7,10H,4-5,8-9H2,1H3,(H,14,15,17)/b11-10+. The zero-order chi connectivity index (χ0) is 12.1. The van der Waals surface area contributed by atoms with Crippen LogP contribution in [0.15, 0.2) is 36.2 Å². The Kier molecular flexibility index (Phi) is 3.75. The van der Waals surface area contributed by atoms with E-state index in [1.54, 1.807) is 18.3 Å². The summed E-state index contributed by atoms with van der Waals surface area (Å²) in [7, 11) is 0. The number of pyridine rings is 1. The number of allylic oxidation sites excluding steroid dienone is 1. The van der Waals surface area contributed by atoms with Crippen molar-refractivity contribution in [1.82, 2.24) is 9.88 Å². The molecule has 1 saturated heterocycles. The molecule has 0 aromatic carbocycles. The summed E-state index contributed by atoms with van der Waals surface area (Å²) in [5.74, 6) is 0.469. The lowest BCUT2D eigenvalue weighted by Gasteiger charge is -2.17. The number of nitrogens with zero attached hydrogens (tertiary/aromatic N) is 2. The van der Waals surface area contributed by atoms with E-state index in [0.717, 1.165) is 18.8 Å². The van der Waals surface area contributed by atoms with Crippen molar-refractivity contribution >= 4 is 11.7 Å². The Hall–Kier alpha value is -1.84. The normalized spacial score (nSPS) is 16.1. The van der Waals surface area contributed by atoms with Crippen molar-refractivity contribution in [3.63, 3.8) is 0 Å². The summed E-state index contributed by atoms with van der Waals surface area (Å²) in [5.41, 5.74) is 1.02. The van der Waals surface area contributed by atoms with E-state index in [2.05, 4.69) is 15.2 Å². The summed E-state index contributed by atoms with van der Waals surface area (Å²) in [6.07, 6.45) is 5.73.